The van der Waals surface area contributed by atoms with Gasteiger partial charge in [0.25, 0.3) is 5.91 Å². The molecule has 0 bridgehead atoms. The van der Waals surface area contributed by atoms with Gasteiger partial charge in [-0.1, -0.05) is 48.9 Å². The van der Waals surface area contributed by atoms with E-state index < -0.39 is 15.3 Å². The predicted molar refractivity (Wildman–Crippen MR) is 155 cm³/mol. The first kappa shape index (κ1) is 26.0. The Hall–Kier alpha value is -3.62. The van der Waals surface area contributed by atoms with Gasteiger partial charge in [0.05, 0.1) is 16.5 Å². The SMILES string of the molecule is CC(C)S(=O)(=O)Nc1ccc2c(c1)C(=C(Nc1ccc(CN3CCCCC3)cc1)c1ccccc1)C(=O)N2. The molecule has 3 aromatic carbocycles. The van der Waals surface area contributed by atoms with E-state index >= 15 is 0 Å². The number of anilines is 3. The average molecular weight is 531 g/mol. The van der Waals surface area contributed by atoms with Gasteiger partial charge in [-0.2, -0.15) is 0 Å². The van der Waals surface area contributed by atoms with E-state index in [1.54, 1.807) is 32.0 Å². The lowest BCUT2D eigenvalue weighted by molar-refractivity contribution is -0.110. The van der Waals surface area contributed by atoms with Crippen molar-refractivity contribution in [1.29, 1.82) is 0 Å². The smallest absolute Gasteiger partial charge is 0.258 e. The van der Waals surface area contributed by atoms with Gasteiger partial charge >= 0.3 is 0 Å². The van der Waals surface area contributed by atoms with Gasteiger partial charge in [0.15, 0.2) is 0 Å². The second kappa shape index (κ2) is 11.0. The molecule has 1 amide bonds. The maximum atomic E-state index is 13.3. The molecule has 2 aliphatic rings. The second-order valence-corrected chi connectivity index (χ2v) is 12.4. The molecule has 0 atom stereocenters. The molecule has 3 aromatic rings. The molecule has 1 fully saturated rings. The lowest BCUT2D eigenvalue weighted by Crippen LogP contribution is -2.29. The van der Waals surface area contributed by atoms with E-state index in [0.717, 1.165) is 30.9 Å². The van der Waals surface area contributed by atoms with Gasteiger partial charge in [0, 0.05) is 29.2 Å². The lowest BCUT2D eigenvalue weighted by Gasteiger charge is -2.26. The van der Waals surface area contributed by atoms with Crippen LogP contribution in [-0.2, 0) is 21.4 Å². The number of carbonyl (C=O) groups is 1. The third-order valence-electron chi connectivity index (χ3n) is 7.04. The van der Waals surface area contributed by atoms with Gasteiger partial charge in [-0.3, -0.25) is 14.4 Å². The minimum Gasteiger partial charge on any atom is -0.354 e. The van der Waals surface area contributed by atoms with Crippen LogP contribution in [0, 0.1) is 0 Å². The van der Waals surface area contributed by atoms with E-state index in [-0.39, 0.29) is 5.91 Å². The summed E-state index contributed by atoms with van der Waals surface area (Å²) in [6.45, 7) is 6.49. The Labute approximate surface area is 225 Å². The second-order valence-electron chi connectivity index (χ2n) is 10.2. The van der Waals surface area contributed by atoms with Gasteiger partial charge in [-0.05, 0) is 81.2 Å². The van der Waals surface area contributed by atoms with Crippen molar-refractivity contribution < 1.29 is 13.2 Å². The van der Waals surface area contributed by atoms with E-state index in [1.165, 1.54) is 24.8 Å². The first-order valence-electron chi connectivity index (χ1n) is 13.2. The molecule has 2 heterocycles. The summed E-state index contributed by atoms with van der Waals surface area (Å²) in [5.41, 5.74) is 5.83. The highest BCUT2D eigenvalue weighted by atomic mass is 32.2. The zero-order valence-corrected chi connectivity index (χ0v) is 22.6. The normalized spacial score (nSPS) is 17.2. The number of likely N-dealkylation sites (tertiary alicyclic amines) is 1. The summed E-state index contributed by atoms with van der Waals surface area (Å²) in [6.07, 6.45) is 3.84. The van der Waals surface area contributed by atoms with E-state index in [9.17, 15) is 13.2 Å². The maximum Gasteiger partial charge on any atom is 0.258 e. The number of rotatable bonds is 8. The number of fused-ring (bicyclic) bond motifs is 1. The summed E-state index contributed by atoms with van der Waals surface area (Å²) in [4.78, 5) is 15.8. The molecule has 1 saturated heterocycles. The lowest BCUT2D eigenvalue weighted by atomic mass is 9.99. The third-order valence-corrected chi connectivity index (χ3v) is 8.80. The molecular formula is C30H34N4O3S. The molecule has 2 aliphatic heterocycles. The molecule has 0 aliphatic carbocycles. The van der Waals surface area contributed by atoms with Gasteiger partial charge < -0.3 is 10.6 Å². The molecule has 0 aromatic heterocycles. The third kappa shape index (κ3) is 5.76. The number of nitrogens with zero attached hydrogens (tertiary/aromatic N) is 1. The molecule has 0 unspecified atom stereocenters. The van der Waals surface area contributed by atoms with Crippen molar-refractivity contribution in [2.45, 2.75) is 44.9 Å². The van der Waals surface area contributed by atoms with Crippen LogP contribution in [0.1, 0.15) is 49.8 Å². The fourth-order valence-corrected chi connectivity index (χ4v) is 5.55. The van der Waals surface area contributed by atoms with Gasteiger partial charge in [-0.25, -0.2) is 8.42 Å². The molecule has 38 heavy (non-hydrogen) atoms. The zero-order chi connectivity index (χ0) is 26.7. The number of amides is 1. The summed E-state index contributed by atoms with van der Waals surface area (Å²) in [5, 5.41) is 5.84. The summed E-state index contributed by atoms with van der Waals surface area (Å²) in [7, 11) is -3.53. The monoisotopic (exact) mass is 530 g/mol. The molecule has 0 radical (unpaired) electrons. The van der Waals surface area contributed by atoms with Crippen LogP contribution in [0.5, 0.6) is 0 Å². The number of sulfonamides is 1. The minimum atomic E-state index is -3.53. The van der Waals surface area contributed by atoms with Crippen LogP contribution in [0.25, 0.3) is 11.3 Å². The quantitative estimate of drug-likeness (QED) is 0.323. The average Bonchev–Trinajstić information content (AvgIpc) is 3.24. The van der Waals surface area contributed by atoms with E-state index in [2.05, 4.69) is 32.4 Å². The van der Waals surface area contributed by atoms with E-state index in [0.29, 0.717) is 28.2 Å². The van der Waals surface area contributed by atoms with Crippen LogP contribution in [0.3, 0.4) is 0 Å². The number of nitrogens with one attached hydrogen (secondary N) is 3. The minimum absolute atomic E-state index is 0.239. The highest BCUT2D eigenvalue weighted by Gasteiger charge is 2.29. The molecule has 198 valence electrons. The molecule has 5 rings (SSSR count). The first-order valence-corrected chi connectivity index (χ1v) is 14.7. The summed E-state index contributed by atoms with van der Waals surface area (Å²) >= 11 is 0. The molecule has 0 spiro atoms. The van der Waals surface area contributed by atoms with Crippen LogP contribution in [0.2, 0.25) is 0 Å². The fourth-order valence-electron chi connectivity index (χ4n) is 4.86. The number of benzene rings is 3. The van der Waals surface area contributed by atoms with Crippen LogP contribution in [0.4, 0.5) is 17.1 Å². The van der Waals surface area contributed by atoms with Crippen molar-refractivity contribution >= 4 is 44.3 Å². The number of carbonyl (C=O) groups excluding carboxylic acids is 1. The number of hydrogen-bond donors (Lipinski definition) is 3. The topological polar surface area (TPSA) is 90.5 Å². The van der Waals surface area contributed by atoms with Gasteiger partial charge in [0.1, 0.15) is 0 Å². The van der Waals surface area contributed by atoms with Crippen molar-refractivity contribution in [2.24, 2.45) is 0 Å². The Morgan fingerprint density at radius 3 is 2.29 bits per heavy atom. The number of hydrogen-bond acceptors (Lipinski definition) is 5. The van der Waals surface area contributed by atoms with Crippen LogP contribution in [0.15, 0.2) is 72.8 Å². The van der Waals surface area contributed by atoms with Crippen LogP contribution in [-0.4, -0.2) is 37.6 Å². The van der Waals surface area contributed by atoms with Crippen molar-refractivity contribution in [3.05, 3.63) is 89.5 Å². The molecule has 0 saturated carbocycles. The van der Waals surface area contributed by atoms with Crippen molar-refractivity contribution in [3.63, 3.8) is 0 Å². The largest absolute Gasteiger partial charge is 0.354 e. The Bertz CT molecular complexity index is 1440. The van der Waals surface area contributed by atoms with Crippen molar-refractivity contribution in [3.8, 4) is 0 Å². The Balaban J connectivity index is 1.49. The van der Waals surface area contributed by atoms with Gasteiger partial charge in [-0.15, -0.1) is 0 Å². The summed E-state index contributed by atoms with van der Waals surface area (Å²) < 4.78 is 27.6. The fraction of sp³-hybridized carbons (Fsp3) is 0.300. The standard InChI is InChI=1S/C30H34N4O3S/c1-21(2)38(36,37)33-25-15-16-27-26(19-25)28(30(35)32-27)29(23-9-5-3-6-10-23)31-24-13-11-22(12-14-24)20-34-17-7-4-8-18-34/h3,5-6,9-16,19,21,31,33H,4,7-8,17-18,20H2,1-2H3,(H,32,35). The van der Waals surface area contributed by atoms with E-state index in [1.807, 2.05) is 42.5 Å². The maximum absolute atomic E-state index is 13.3. The zero-order valence-electron chi connectivity index (χ0n) is 21.8. The molecule has 8 heteroatoms. The Morgan fingerprint density at radius 1 is 0.921 bits per heavy atom. The van der Waals surface area contributed by atoms with Gasteiger partial charge in [0.2, 0.25) is 10.0 Å². The molecular weight excluding hydrogens is 496 g/mol. The van der Waals surface area contributed by atoms with Crippen LogP contribution >= 0.6 is 0 Å². The van der Waals surface area contributed by atoms with Crippen molar-refractivity contribution in [2.75, 3.05) is 28.4 Å². The number of piperidine rings is 1. The predicted octanol–water partition coefficient (Wildman–Crippen LogP) is 5.76. The summed E-state index contributed by atoms with van der Waals surface area (Å²) in [6, 6.07) is 23.2. The molecule has 7 nitrogen and oxygen atoms in total. The Morgan fingerprint density at radius 2 is 1.61 bits per heavy atom. The van der Waals surface area contributed by atoms with E-state index in [4.69, 9.17) is 0 Å². The highest BCUT2D eigenvalue weighted by Crippen LogP contribution is 2.39. The first-order chi connectivity index (χ1) is 18.3. The van der Waals surface area contributed by atoms with Crippen LogP contribution < -0.4 is 15.4 Å². The Kier molecular flexibility index (Phi) is 7.53. The highest BCUT2D eigenvalue weighted by molar-refractivity contribution is 7.93. The molecule has 3 N–H and O–H groups in total. The van der Waals surface area contributed by atoms with Crippen molar-refractivity contribution in [1.82, 2.24) is 4.90 Å². The summed E-state index contributed by atoms with van der Waals surface area (Å²) in [5.74, 6) is -0.239.